The third-order valence-corrected chi connectivity index (χ3v) is 4.83. The van der Waals surface area contributed by atoms with Gasteiger partial charge >= 0.3 is 6.18 Å². The van der Waals surface area contributed by atoms with Crippen LogP contribution in [0.1, 0.15) is 69.6 Å². The average molecular weight is 388 g/mol. The van der Waals surface area contributed by atoms with Gasteiger partial charge in [0.15, 0.2) is 5.76 Å². The number of nitrogens with zero attached hydrogens (tertiary/aromatic N) is 1. The van der Waals surface area contributed by atoms with E-state index in [1.165, 1.54) is 50.7 Å². The monoisotopic (exact) mass is 387 g/mol. The van der Waals surface area contributed by atoms with Gasteiger partial charge in [-0.05, 0) is 18.6 Å². The van der Waals surface area contributed by atoms with Crippen molar-refractivity contribution in [2.24, 2.45) is 0 Å². The number of hydrogen-bond donors (Lipinski definition) is 0. The van der Waals surface area contributed by atoms with Crippen molar-refractivity contribution in [2.75, 3.05) is 0 Å². The summed E-state index contributed by atoms with van der Waals surface area (Å²) in [6.45, 7) is 2.21. The van der Waals surface area contributed by atoms with Crippen molar-refractivity contribution in [3.8, 4) is 11.3 Å². The topological polar surface area (TPSA) is 26.0 Å². The van der Waals surface area contributed by atoms with Crippen LogP contribution in [0, 0.1) is 0 Å². The molecule has 0 bridgehead atoms. The predicted octanol–water partition coefficient (Wildman–Crippen LogP) is 7.70. The van der Waals surface area contributed by atoms with Crippen LogP contribution >= 0.6 is 11.6 Å². The van der Waals surface area contributed by atoms with Crippen LogP contribution in [-0.2, 0) is 12.6 Å². The minimum absolute atomic E-state index is 0.396. The lowest BCUT2D eigenvalue weighted by molar-refractivity contribution is -0.137. The number of aryl methyl sites for hydroxylation is 1. The highest BCUT2D eigenvalue weighted by Crippen LogP contribution is 2.34. The first-order valence-electron chi connectivity index (χ1n) is 9.25. The fourth-order valence-electron chi connectivity index (χ4n) is 2.88. The molecule has 26 heavy (non-hydrogen) atoms. The number of halogens is 4. The van der Waals surface area contributed by atoms with Crippen LogP contribution in [0.5, 0.6) is 0 Å². The summed E-state index contributed by atoms with van der Waals surface area (Å²) >= 11 is 6.31. The van der Waals surface area contributed by atoms with Gasteiger partial charge in [-0.2, -0.15) is 13.2 Å². The molecule has 0 fully saturated rings. The molecule has 0 aliphatic heterocycles. The molecule has 0 saturated carbocycles. The van der Waals surface area contributed by atoms with Crippen molar-refractivity contribution < 1.29 is 17.7 Å². The Balaban J connectivity index is 1.84. The van der Waals surface area contributed by atoms with E-state index in [-0.39, 0.29) is 0 Å². The van der Waals surface area contributed by atoms with Gasteiger partial charge in [0.05, 0.1) is 5.56 Å². The zero-order valence-electron chi connectivity index (χ0n) is 15.0. The Kier molecular flexibility index (Phi) is 8.01. The van der Waals surface area contributed by atoms with Gasteiger partial charge in [0.1, 0.15) is 10.7 Å². The molecule has 0 N–H and O–H groups in total. The minimum Gasteiger partial charge on any atom is -0.359 e. The number of hydrogen-bond acceptors (Lipinski definition) is 2. The van der Waals surface area contributed by atoms with Crippen molar-refractivity contribution >= 4 is 11.6 Å². The third-order valence-electron chi connectivity index (χ3n) is 4.44. The van der Waals surface area contributed by atoms with E-state index in [0.29, 0.717) is 28.5 Å². The normalized spacial score (nSPS) is 11.9. The molecule has 0 aliphatic rings. The van der Waals surface area contributed by atoms with E-state index in [4.69, 9.17) is 16.1 Å². The summed E-state index contributed by atoms with van der Waals surface area (Å²) in [5, 5.41) is 4.33. The molecule has 1 aromatic carbocycles. The second kappa shape index (κ2) is 10.0. The first kappa shape index (κ1) is 20.8. The molecule has 1 aromatic heterocycles. The maximum Gasteiger partial charge on any atom is 0.416 e. The molecular formula is C20H25ClF3NO. The van der Waals surface area contributed by atoms with Gasteiger partial charge in [0.25, 0.3) is 0 Å². The third kappa shape index (κ3) is 6.04. The Morgan fingerprint density at radius 3 is 2.08 bits per heavy atom. The molecule has 0 atom stereocenters. The summed E-state index contributed by atoms with van der Waals surface area (Å²) in [6, 6.07) is 4.79. The minimum atomic E-state index is -4.35. The summed E-state index contributed by atoms with van der Waals surface area (Å²) in [5.74, 6) is 0.604. The Morgan fingerprint density at radius 2 is 1.50 bits per heavy atom. The van der Waals surface area contributed by atoms with E-state index < -0.39 is 11.7 Å². The van der Waals surface area contributed by atoms with Gasteiger partial charge in [-0.25, -0.2) is 0 Å². The molecule has 144 valence electrons. The predicted molar refractivity (Wildman–Crippen MR) is 98.3 cm³/mol. The second-order valence-electron chi connectivity index (χ2n) is 6.57. The molecule has 0 radical (unpaired) electrons. The lowest BCUT2D eigenvalue weighted by atomic mass is 10.1. The summed E-state index contributed by atoms with van der Waals surface area (Å²) in [6.07, 6.45) is 6.02. The molecule has 2 aromatic rings. The SMILES string of the molecule is CCCCCCCCCCc1onc(-c2ccc(C(F)(F)F)cc2)c1Cl. The molecular weight excluding hydrogens is 363 g/mol. The zero-order chi connectivity index (χ0) is 19.0. The standard InChI is InChI=1S/C20H25ClF3NO/c1-2-3-4-5-6-7-8-9-10-17-18(21)19(25-26-17)15-11-13-16(14-12-15)20(22,23)24/h11-14H,2-10H2,1H3. The number of alkyl halides is 3. The van der Waals surface area contributed by atoms with E-state index >= 15 is 0 Å². The van der Waals surface area contributed by atoms with Crippen molar-refractivity contribution in [2.45, 2.75) is 70.9 Å². The molecule has 0 saturated heterocycles. The van der Waals surface area contributed by atoms with Crippen LogP contribution in [0.2, 0.25) is 5.02 Å². The quantitative estimate of drug-likeness (QED) is 0.390. The van der Waals surface area contributed by atoms with Crippen molar-refractivity contribution in [1.82, 2.24) is 5.16 Å². The molecule has 6 heteroatoms. The van der Waals surface area contributed by atoms with Crippen LogP contribution < -0.4 is 0 Å². The van der Waals surface area contributed by atoms with E-state index in [9.17, 15) is 13.2 Å². The summed E-state index contributed by atoms with van der Waals surface area (Å²) < 4.78 is 43.2. The van der Waals surface area contributed by atoms with Gasteiger partial charge < -0.3 is 4.52 Å². The molecule has 2 rings (SSSR count). The van der Waals surface area contributed by atoms with E-state index in [2.05, 4.69) is 12.1 Å². The Hall–Kier alpha value is -1.49. The maximum atomic E-state index is 12.6. The first-order valence-corrected chi connectivity index (χ1v) is 9.63. The summed E-state index contributed by atoms with van der Waals surface area (Å²) in [5.41, 5.74) is 0.226. The average Bonchev–Trinajstić information content (AvgIpc) is 2.97. The first-order chi connectivity index (χ1) is 12.4. The molecule has 1 heterocycles. The van der Waals surface area contributed by atoms with Crippen LogP contribution in [0.4, 0.5) is 13.2 Å². The fourth-order valence-corrected chi connectivity index (χ4v) is 3.16. The Labute approximate surface area is 157 Å². The van der Waals surface area contributed by atoms with Gasteiger partial charge in [-0.15, -0.1) is 0 Å². The number of benzene rings is 1. The largest absolute Gasteiger partial charge is 0.416 e. The van der Waals surface area contributed by atoms with E-state index in [1.807, 2.05) is 0 Å². The summed E-state index contributed by atoms with van der Waals surface area (Å²) in [7, 11) is 0. The van der Waals surface area contributed by atoms with Crippen LogP contribution in [-0.4, -0.2) is 5.16 Å². The maximum absolute atomic E-state index is 12.6. The van der Waals surface area contributed by atoms with Gasteiger partial charge in [0, 0.05) is 12.0 Å². The number of unbranched alkanes of at least 4 members (excludes halogenated alkanes) is 7. The highest BCUT2D eigenvalue weighted by molar-refractivity contribution is 6.33. The molecule has 0 spiro atoms. The Morgan fingerprint density at radius 1 is 0.923 bits per heavy atom. The number of rotatable bonds is 10. The lowest BCUT2D eigenvalue weighted by Gasteiger charge is -2.06. The van der Waals surface area contributed by atoms with Crippen LogP contribution in [0.25, 0.3) is 11.3 Å². The molecule has 0 aliphatic carbocycles. The highest BCUT2D eigenvalue weighted by atomic mass is 35.5. The van der Waals surface area contributed by atoms with Gasteiger partial charge in [-0.1, -0.05) is 80.8 Å². The molecule has 0 unspecified atom stereocenters. The number of aromatic nitrogens is 1. The van der Waals surface area contributed by atoms with E-state index in [1.54, 1.807) is 0 Å². The molecule has 2 nitrogen and oxygen atoms in total. The summed E-state index contributed by atoms with van der Waals surface area (Å²) in [4.78, 5) is 0. The Bertz CT molecular complexity index is 665. The van der Waals surface area contributed by atoms with Crippen LogP contribution in [0.15, 0.2) is 28.8 Å². The highest BCUT2D eigenvalue weighted by Gasteiger charge is 2.30. The van der Waals surface area contributed by atoms with Gasteiger partial charge in [-0.3, -0.25) is 0 Å². The van der Waals surface area contributed by atoms with Crippen molar-refractivity contribution in [3.63, 3.8) is 0 Å². The molecule has 0 amide bonds. The van der Waals surface area contributed by atoms with Crippen molar-refractivity contribution in [1.29, 1.82) is 0 Å². The smallest absolute Gasteiger partial charge is 0.359 e. The zero-order valence-corrected chi connectivity index (χ0v) is 15.8. The van der Waals surface area contributed by atoms with Gasteiger partial charge in [0.2, 0.25) is 0 Å². The van der Waals surface area contributed by atoms with E-state index in [0.717, 1.165) is 25.0 Å². The van der Waals surface area contributed by atoms with Crippen LogP contribution in [0.3, 0.4) is 0 Å². The second-order valence-corrected chi connectivity index (χ2v) is 6.95. The lowest BCUT2D eigenvalue weighted by Crippen LogP contribution is -2.04. The van der Waals surface area contributed by atoms with Crippen molar-refractivity contribution in [3.05, 3.63) is 40.6 Å². The fraction of sp³-hybridized carbons (Fsp3) is 0.550.